The molecule has 0 aromatic carbocycles. The molecule has 0 saturated carbocycles. The van der Waals surface area contributed by atoms with Crippen molar-refractivity contribution in [2.75, 3.05) is 13.1 Å². The quantitative estimate of drug-likeness (QED) is 0.876. The maximum Gasteiger partial charge on any atom is 0.247 e. The van der Waals surface area contributed by atoms with Crippen LogP contribution in [0.3, 0.4) is 0 Å². The lowest BCUT2D eigenvalue weighted by atomic mass is 10.2. The largest absolute Gasteiger partial charge is 0.297 e. The molecular weight excluding hydrogens is 332 g/mol. The number of hydrogen-bond donors (Lipinski definition) is 1. The molecule has 0 spiro atoms. The summed E-state index contributed by atoms with van der Waals surface area (Å²) >= 11 is 0.760. The monoisotopic (exact) mass is 352 g/mol. The van der Waals surface area contributed by atoms with Crippen molar-refractivity contribution < 1.29 is 16.8 Å². The summed E-state index contributed by atoms with van der Waals surface area (Å²) in [6.45, 7) is 7.44. The van der Waals surface area contributed by atoms with E-state index in [1.54, 1.807) is 6.92 Å². The summed E-state index contributed by atoms with van der Waals surface area (Å²) in [5, 5.41) is 4.56. The highest BCUT2D eigenvalue weighted by Gasteiger charge is 2.35. The van der Waals surface area contributed by atoms with Gasteiger partial charge in [0.2, 0.25) is 10.0 Å². The van der Waals surface area contributed by atoms with E-state index in [-0.39, 0.29) is 8.42 Å². The summed E-state index contributed by atoms with van der Waals surface area (Å²) in [4.78, 5) is 2.05. The van der Waals surface area contributed by atoms with E-state index in [0.717, 1.165) is 17.9 Å². The van der Waals surface area contributed by atoms with Gasteiger partial charge < -0.3 is 0 Å². The Morgan fingerprint density at radius 2 is 2.10 bits per heavy atom. The molecule has 2 N–H and O–H groups in total. The van der Waals surface area contributed by atoms with Crippen molar-refractivity contribution in [2.45, 2.75) is 41.0 Å². The van der Waals surface area contributed by atoms with Crippen molar-refractivity contribution in [2.24, 2.45) is 11.1 Å². The maximum absolute atomic E-state index is 12.5. The molecule has 1 atom stereocenters. The van der Waals surface area contributed by atoms with Gasteiger partial charge in [-0.15, -0.1) is 11.3 Å². The first-order valence-electron chi connectivity index (χ1n) is 6.63. The lowest BCUT2D eigenvalue weighted by Crippen LogP contribution is -2.34. The van der Waals surface area contributed by atoms with Crippen molar-refractivity contribution >= 4 is 31.2 Å². The van der Waals surface area contributed by atoms with Gasteiger partial charge in [-0.2, -0.15) is 0 Å². The number of thiophene rings is 1. The van der Waals surface area contributed by atoms with Crippen LogP contribution in [0.25, 0.3) is 0 Å². The molecule has 0 saturated heterocycles. The predicted octanol–water partition coefficient (Wildman–Crippen LogP) is 1.03. The number of fused-ring (bicyclic) bond motifs is 1. The van der Waals surface area contributed by atoms with Crippen LogP contribution in [0.5, 0.6) is 0 Å². The van der Waals surface area contributed by atoms with Gasteiger partial charge in [0.05, 0.1) is 5.25 Å². The van der Waals surface area contributed by atoms with E-state index < -0.39 is 25.1 Å². The van der Waals surface area contributed by atoms with Crippen LogP contribution in [0.1, 0.15) is 26.3 Å². The highest BCUT2D eigenvalue weighted by Crippen LogP contribution is 2.35. The molecule has 120 valence electrons. The zero-order valence-corrected chi connectivity index (χ0v) is 14.7. The number of hydrogen-bond acceptors (Lipinski definition) is 6. The van der Waals surface area contributed by atoms with E-state index in [1.807, 2.05) is 0 Å². The highest BCUT2D eigenvalue weighted by molar-refractivity contribution is 7.95. The number of sulfonamides is 1. The average molecular weight is 353 g/mol. The van der Waals surface area contributed by atoms with E-state index in [1.165, 1.54) is 6.07 Å². The van der Waals surface area contributed by atoms with Crippen LogP contribution in [0, 0.1) is 5.92 Å². The molecule has 9 heteroatoms. The maximum atomic E-state index is 12.5. The van der Waals surface area contributed by atoms with E-state index in [9.17, 15) is 16.8 Å². The summed E-state index contributed by atoms with van der Waals surface area (Å²) in [7, 11) is -7.39. The van der Waals surface area contributed by atoms with Crippen LogP contribution in [0.4, 0.5) is 0 Å². The Balaban J connectivity index is 2.53. The third kappa shape index (κ3) is 3.48. The molecule has 21 heavy (non-hydrogen) atoms. The average Bonchev–Trinajstić information content (AvgIpc) is 2.68. The van der Waals surface area contributed by atoms with Crippen LogP contribution >= 0.6 is 11.3 Å². The zero-order valence-electron chi connectivity index (χ0n) is 12.2. The molecule has 0 radical (unpaired) electrons. The van der Waals surface area contributed by atoms with Crippen molar-refractivity contribution in [3.05, 3.63) is 11.6 Å². The normalized spacial score (nSPS) is 23.0. The molecule has 0 fully saturated rings. The van der Waals surface area contributed by atoms with Crippen molar-refractivity contribution in [3.8, 4) is 0 Å². The van der Waals surface area contributed by atoms with Crippen LogP contribution < -0.4 is 5.14 Å². The lowest BCUT2D eigenvalue weighted by Gasteiger charge is -2.23. The first-order chi connectivity index (χ1) is 9.51. The van der Waals surface area contributed by atoms with E-state index in [4.69, 9.17) is 5.14 Å². The fourth-order valence-electron chi connectivity index (χ4n) is 2.48. The van der Waals surface area contributed by atoms with E-state index >= 15 is 0 Å². The summed E-state index contributed by atoms with van der Waals surface area (Å²) in [6, 6.07) is 1.40. The van der Waals surface area contributed by atoms with Gasteiger partial charge in [-0.1, -0.05) is 13.8 Å². The van der Waals surface area contributed by atoms with E-state index in [0.29, 0.717) is 24.6 Å². The number of sulfone groups is 1. The lowest BCUT2D eigenvalue weighted by molar-refractivity contribution is 0.239. The number of nitrogens with two attached hydrogens (primary N) is 1. The van der Waals surface area contributed by atoms with Gasteiger partial charge in [0.25, 0.3) is 0 Å². The minimum atomic E-state index is -3.88. The van der Waals surface area contributed by atoms with Crippen molar-refractivity contribution in [3.63, 3.8) is 0 Å². The molecule has 0 bridgehead atoms. The minimum Gasteiger partial charge on any atom is -0.297 e. The van der Waals surface area contributed by atoms with Gasteiger partial charge in [-0.3, -0.25) is 4.90 Å². The van der Waals surface area contributed by atoms with Gasteiger partial charge in [0.15, 0.2) is 9.84 Å². The van der Waals surface area contributed by atoms with Gasteiger partial charge in [-0.25, -0.2) is 22.0 Å². The van der Waals surface area contributed by atoms with Crippen LogP contribution in [-0.4, -0.2) is 40.1 Å². The van der Waals surface area contributed by atoms with Gasteiger partial charge in [0.1, 0.15) is 8.42 Å². The molecule has 0 amide bonds. The van der Waals surface area contributed by atoms with Gasteiger partial charge in [0, 0.05) is 19.6 Å². The summed E-state index contributed by atoms with van der Waals surface area (Å²) in [5.74, 6) is 0.401. The summed E-state index contributed by atoms with van der Waals surface area (Å²) in [5.41, 5.74) is 0.536. The molecule has 0 aliphatic carbocycles. The third-order valence-electron chi connectivity index (χ3n) is 3.35. The minimum absolute atomic E-state index is 0.0883. The summed E-state index contributed by atoms with van der Waals surface area (Å²) < 4.78 is 48.1. The second-order valence-corrected chi connectivity index (χ2v) is 11.3. The fraction of sp³-hybridized carbons (Fsp3) is 0.667. The number of nitrogens with zero attached hydrogens (tertiary/aromatic N) is 1. The van der Waals surface area contributed by atoms with Crippen molar-refractivity contribution in [1.82, 2.24) is 4.90 Å². The molecule has 1 aromatic heterocycles. The van der Waals surface area contributed by atoms with Gasteiger partial charge in [-0.05, 0) is 24.5 Å². The number of primary sulfonamides is 1. The molecule has 2 heterocycles. The Labute approximate surface area is 129 Å². The predicted molar refractivity (Wildman–Crippen MR) is 82.5 cm³/mol. The SMILES string of the molecule is CC(C)CN1Cc2cc(S(N)(=O)=O)sc2S(=O)(=O)[C@@H](C)C1. The molecule has 1 aliphatic heterocycles. The second-order valence-electron chi connectivity index (χ2n) is 5.87. The first kappa shape index (κ1) is 16.9. The Bertz CT molecular complexity index is 735. The topological polar surface area (TPSA) is 97.5 Å². The van der Waals surface area contributed by atoms with E-state index in [2.05, 4.69) is 18.7 Å². The summed E-state index contributed by atoms with van der Waals surface area (Å²) in [6.07, 6.45) is 0. The molecule has 2 rings (SSSR count). The Morgan fingerprint density at radius 1 is 1.48 bits per heavy atom. The van der Waals surface area contributed by atoms with Crippen LogP contribution in [0.2, 0.25) is 0 Å². The molecule has 1 aliphatic rings. The van der Waals surface area contributed by atoms with Crippen molar-refractivity contribution in [1.29, 1.82) is 0 Å². The molecule has 6 nitrogen and oxygen atoms in total. The zero-order chi connectivity index (χ0) is 16.0. The van der Waals surface area contributed by atoms with Crippen LogP contribution in [-0.2, 0) is 26.4 Å². The Kier molecular flexibility index (Phi) is 4.52. The third-order valence-corrected chi connectivity index (χ3v) is 8.68. The van der Waals surface area contributed by atoms with Gasteiger partial charge >= 0.3 is 0 Å². The Hall–Kier alpha value is -0.480. The fourth-order valence-corrected chi connectivity index (χ4v) is 6.79. The number of rotatable bonds is 3. The smallest absolute Gasteiger partial charge is 0.247 e. The second kappa shape index (κ2) is 5.62. The first-order valence-corrected chi connectivity index (χ1v) is 10.5. The standard InChI is InChI=1S/C12H20N2O4S3/c1-8(2)5-14-6-9(3)20(15,16)12-10(7-14)4-11(19-12)21(13,17)18/h4,8-9H,5-7H2,1-3H3,(H2,13,17,18)/t9-/m0/s1. The molecule has 1 aromatic rings. The molecular formula is C12H20N2O4S3. The Morgan fingerprint density at radius 3 is 2.62 bits per heavy atom. The van der Waals surface area contributed by atoms with Crippen LogP contribution in [0.15, 0.2) is 14.5 Å². The highest BCUT2D eigenvalue weighted by atomic mass is 32.3. The molecule has 0 unspecified atom stereocenters.